The number of anilines is 4. The molecule has 0 aliphatic heterocycles. The van der Waals surface area contributed by atoms with E-state index in [1.165, 1.54) is 23.3 Å². The zero-order valence-electron chi connectivity index (χ0n) is 74.4. The molecule has 0 radical (unpaired) electrons. The van der Waals surface area contributed by atoms with Crippen molar-refractivity contribution in [3.63, 3.8) is 0 Å². The Balaban J connectivity index is 0.000000126. The van der Waals surface area contributed by atoms with Crippen LogP contribution in [0, 0.1) is 5.82 Å². The highest BCUT2D eigenvalue weighted by atomic mass is 79.9. The summed E-state index contributed by atoms with van der Waals surface area (Å²) in [5.41, 5.74) is 29.8. The number of phenols is 1. The number of carbonyl (C=O) groups excluding carboxylic acids is 4. The van der Waals surface area contributed by atoms with Crippen molar-refractivity contribution in [3.05, 3.63) is 441 Å². The molecular formula is C112H97BrClFN12O9. The monoisotopic (exact) mass is 1890 g/mol. The van der Waals surface area contributed by atoms with Crippen molar-refractivity contribution in [3.8, 4) is 50.8 Å². The maximum absolute atomic E-state index is 13.2. The van der Waals surface area contributed by atoms with Crippen LogP contribution >= 0.6 is 27.5 Å². The zero-order valence-corrected chi connectivity index (χ0v) is 76.8. The molecule has 0 saturated heterocycles. The van der Waals surface area contributed by atoms with E-state index in [9.17, 15) is 49.1 Å². The minimum Gasteiger partial charge on any atom is -0.508 e. The van der Waals surface area contributed by atoms with E-state index in [0.717, 1.165) is 206 Å². The lowest BCUT2D eigenvalue weighted by molar-refractivity contribution is -0.116. The molecule has 0 saturated carbocycles. The molecule has 0 fully saturated rings. The molecule has 16 aromatic rings. The lowest BCUT2D eigenvalue weighted by Gasteiger charge is -2.21. The highest BCUT2D eigenvalue weighted by molar-refractivity contribution is 9.10. The number of rotatable bonds is 24. The van der Waals surface area contributed by atoms with E-state index in [1.807, 2.05) is 218 Å². The summed E-state index contributed by atoms with van der Waals surface area (Å²) in [6.45, 7) is 0.0548. The van der Waals surface area contributed by atoms with Gasteiger partial charge in [0.2, 0.25) is 23.6 Å². The maximum atomic E-state index is 13.2. The topological polar surface area (TPSA) is 321 Å². The highest BCUT2D eigenvalue weighted by Crippen LogP contribution is 2.40. The van der Waals surface area contributed by atoms with E-state index < -0.39 is 0 Å². The largest absolute Gasteiger partial charge is 0.508 e. The first kappa shape index (κ1) is 93.0. The molecule has 4 amide bonds. The summed E-state index contributed by atoms with van der Waals surface area (Å²) in [5, 5.41) is 60.1. The Bertz CT molecular complexity index is 6200. The van der Waals surface area contributed by atoms with E-state index in [1.54, 1.807) is 48.5 Å². The number of carbonyl (C=O) groups is 4. The fraction of sp³-hybridized carbons (Fsp3) is 0.179. The van der Waals surface area contributed by atoms with Crippen LogP contribution in [0.3, 0.4) is 0 Å². The standard InChI is InChI=1S/C28H24BrN3O2.C28H24ClN3O2.C28H24FN3O2.C28H25N3O3/c3*29-22-10-6-19(7-11-22)16-26(34)32-28-25(15-18-4-2-1-3-5-18)30-27-23-12-8-20(17-33)14-21(23)9-13-24(27)31-28;32-17-20-8-12-23-21(14-20)9-13-24-27(23)29-25(15-18-4-2-1-3-5-18)28(30-24)31-26(34)16-19-6-10-22(33)11-7-19/h3*1-8,10-12,14,33H,9,13,15-17H2,(H,31,32,34);1-8,10-12,14,32-33H,9,13,15-17H2,(H,30,31,34). The van der Waals surface area contributed by atoms with Crippen molar-refractivity contribution in [2.75, 3.05) is 21.3 Å². The average Bonchev–Trinajstić information content (AvgIpc) is 0.780. The highest BCUT2D eigenvalue weighted by Gasteiger charge is 2.30. The summed E-state index contributed by atoms with van der Waals surface area (Å²) in [6, 6.07) is 91.4. The molecule has 12 aromatic carbocycles. The van der Waals surface area contributed by atoms with Crippen molar-refractivity contribution in [1.29, 1.82) is 0 Å². The number of nitrogens with one attached hydrogen (secondary N) is 4. The molecule has 136 heavy (non-hydrogen) atoms. The second kappa shape index (κ2) is 43.9. The summed E-state index contributed by atoms with van der Waals surface area (Å²) < 4.78 is 14.2. The van der Waals surface area contributed by atoms with E-state index in [0.29, 0.717) is 71.8 Å². The molecule has 4 aliphatic rings. The van der Waals surface area contributed by atoms with Gasteiger partial charge >= 0.3 is 0 Å². The Labute approximate surface area is 800 Å². The van der Waals surface area contributed by atoms with Crippen LogP contribution in [0.5, 0.6) is 5.75 Å². The second-order valence-electron chi connectivity index (χ2n) is 34.0. The molecule has 0 spiro atoms. The summed E-state index contributed by atoms with van der Waals surface area (Å²) in [4.78, 5) is 90.9. The normalized spacial score (nSPS) is 12.1. The minimum atomic E-state index is -0.332. The van der Waals surface area contributed by atoms with Gasteiger partial charge in [-0.25, -0.2) is 44.3 Å². The summed E-state index contributed by atoms with van der Waals surface area (Å²) in [7, 11) is 0. The van der Waals surface area contributed by atoms with E-state index in [-0.39, 0.29) is 87.3 Å². The number of fused-ring (bicyclic) bond motifs is 12. The number of hydrogen-bond acceptors (Lipinski definition) is 17. The Kier molecular flexibility index (Phi) is 30.0. The fourth-order valence-corrected chi connectivity index (χ4v) is 17.6. The van der Waals surface area contributed by atoms with Gasteiger partial charge < -0.3 is 46.8 Å². The van der Waals surface area contributed by atoms with E-state index in [2.05, 4.69) is 49.3 Å². The van der Waals surface area contributed by atoms with Gasteiger partial charge in [0.15, 0.2) is 23.3 Å². The van der Waals surface area contributed by atoms with Crippen molar-refractivity contribution in [2.24, 2.45) is 0 Å². The van der Waals surface area contributed by atoms with E-state index >= 15 is 0 Å². The third-order valence-electron chi connectivity index (χ3n) is 24.1. The number of aromatic nitrogens is 8. The van der Waals surface area contributed by atoms with Crippen molar-refractivity contribution in [1.82, 2.24) is 39.9 Å². The first-order valence-corrected chi connectivity index (χ1v) is 46.4. The molecule has 9 N–H and O–H groups in total. The van der Waals surface area contributed by atoms with Crippen LogP contribution in [-0.2, 0) is 148 Å². The molecule has 0 bridgehead atoms. The summed E-state index contributed by atoms with van der Waals surface area (Å²) in [5.74, 6) is 1.16. The smallest absolute Gasteiger partial charge is 0.229 e. The van der Waals surface area contributed by atoms with Gasteiger partial charge in [-0.2, -0.15) is 0 Å². The molecule has 0 unspecified atom stereocenters. The SMILES string of the molecule is O=C(Cc1ccc(Br)cc1)Nc1nc2c(nc1Cc1ccccc1)-c1ccc(CO)cc1CC2.O=C(Cc1ccc(Cl)cc1)Nc1nc2c(nc1Cc1ccccc1)-c1ccc(CO)cc1CC2.O=C(Cc1ccc(F)cc1)Nc1nc2c(nc1Cc1ccccc1)-c1ccc(CO)cc1CC2.O=C(Cc1ccc(O)cc1)Nc1nc2c(nc1Cc1ccccc1)-c1ccc(CO)cc1CC2. The number of hydrogen-bond donors (Lipinski definition) is 9. The Morgan fingerprint density at radius 3 is 0.779 bits per heavy atom. The Hall–Kier alpha value is -14.8. The lowest BCUT2D eigenvalue weighted by atomic mass is 9.90. The number of aliphatic hydroxyl groups is 4. The number of phenolic OH excluding ortho intramolecular Hbond substituents is 1. The number of aromatic hydroxyl groups is 1. The number of nitrogens with zero attached hydrogens (tertiary/aromatic N) is 8. The molecule has 4 aromatic heterocycles. The van der Waals surface area contributed by atoms with Crippen LogP contribution in [0.25, 0.3) is 45.0 Å². The lowest BCUT2D eigenvalue weighted by Crippen LogP contribution is -2.20. The van der Waals surface area contributed by atoms with Crippen LogP contribution in [0.15, 0.2) is 296 Å². The molecular weight excluding hydrogens is 1790 g/mol. The zero-order chi connectivity index (χ0) is 94.0. The Morgan fingerprint density at radius 2 is 0.522 bits per heavy atom. The molecule has 4 heterocycles. The predicted octanol–water partition coefficient (Wildman–Crippen LogP) is 19.3. The molecule has 20 rings (SSSR count). The first-order valence-electron chi connectivity index (χ1n) is 45.2. The number of halogens is 3. The van der Waals surface area contributed by atoms with Gasteiger partial charge in [-0.05, 0) is 189 Å². The van der Waals surface area contributed by atoms with Crippen molar-refractivity contribution >= 4 is 74.4 Å². The van der Waals surface area contributed by atoms with Gasteiger partial charge in [0.05, 0.1) is 120 Å². The molecule has 24 heteroatoms. The number of amides is 4. The van der Waals surface area contributed by atoms with Gasteiger partial charge in [0.25, 0.3) is 0 Å². The van der Waals surface area contributed by atoms with Crippen LogP contribution in [0.2, 0.25) is 5.02 Å². The van der Waals surface area contributed by atoms with Crippen LogP contribution in [0.1, 0.15) is 135 Å². The van der Waals surface area contributed by atoms with Crippen molar-refractivity contribution < 1.29 is 49.1 Å². The second-order valence-corrected chi connectivity index (χ2v) is 35.3. The fourth-order valence-electron chi connectivity index (χ4n) is 17.2. The van der Waals surface area contributed by atoms with E-state index in [4.69, 9.17) is 51.5 Å². The molecule has 0 atom stereocenters. The van der Waals surface area contributed by atoms with Gasteiger partial charge in [-0.15, -0.1) is 0 Å². The van der Waals surface area contributed by atoms with Crippen LogP contribution < -0.4 is 21.3 Å². The number of aliphatic hydroxyl groups excluding tert-OH is 4. The summed E-state index contributed by atoms with van der Waals surface area (Å²) in [6.07, 6.45) is 9.14. The predicted molar refractivity (Wildman–Crippen MR) is 530 cm³/mol. The quantitative estimate of drug-likeness (QED) is 0.0271. The molecule has 680 valence electrons. The number of aryl methyl sites for hydroxylation is 8. The molecule has 21 nitrogen and oxygen atoms in total. The number of benzene rings is 12. The van der Waals surface area contributed by atoms with Crippen molar-refractivity contribution in [2.45, 2.75) is 129 Å². The van der Waals surface area contributed by atoms with Gasteiger partial charge in [-0.3, -0.25) is 19.2 Å². The first-order chi connectivity index (χ1) is 66.3. The summed E-state index contributed by atoms with van der Waals surface area (Å²) >= 11 is 9.39. The third-order valence-corrected chi connectivity index (χ3v) is 24.9. The van der Waals surface area contributed by atoms with Crippen LogP contribution in [-0.4, -0.2) is 89.0 Å². The average molecular weight is 1890 g/mol. The van der Waals surface area contributed by atoms with Gasteiger partial charge in [0, 0.05) is 57.4 Å². The Morgan fingerprint density at radius 1 is 0.287 bits per heavy atom. The van der Waals surface area contributed by atoms with Crippen LogP contribution in [0.4, 0.5) is 27.7 Å². The van der Waals surface area contributed by atoms with Gasteiger partial charge in [-0.1, -0.05) is 270 Å². The van der Waals surface area contributed by atoms with Gasteiger partial charge in [0.1, 0.15) is 11.6 Å². The minimum absolute atomic E-state index is 0.00407. The molecule has 4 aliphatic carbocycles. The maximum Gasteiger partial charge on any atom is 0.229 e. The third kappa shape index (κ3) is 23.7.